The molecule has 0 bridgehead atoms. The maximum absolute atomic E-state index is 11.8. The van der Waals surface area contributed by atoms with Crippen molar-refractivity contribution in [2.75, 3.05) is 0 Å². The van der Waals surface area contributed by atoms with Gasteiger partial charge in [0.1, 0.15) is 5.82 Å². The molecule has 0 aliphatic carbocycles. The molecule has 3 aromatic heterocycles. The second kappa shape index (κ2) is 5.14. The second-order valence-corrected chi connectivity index (χ2v) is 5.66. The molecule has 0 atom stereocenters. The molecule has 0 radical (unpaired) electrons. The van der Waals surface area contributed by atoms with E-state index in [-0.39, 0.29) is 5.56 Å². The highest BCUT2D eigenvalue weighted by molar-refractivity contribution is 7.98. The van der Waals surface area contributed by atoms with Crippen LogP contribution in [0.5, 0.6) is 0 Å². The molecule has 8 heteroatoms. The average Bonchev–Trinajstić information content (AvgIpc) is 3.05. The molecule has 0 aliphatic rings. The highest BCUT2D eigenvalue weighted by Gasteiger charge is 2.06. The number of thioether (sulfide) groups is 1. The number of H-pyrrole nitrogens is 1. The molecule has 6 nitrogen and oxygen atoms in total. The number of aryl methyl sites for hydroxylation is 1. The van der Waals surface area contributed by atoms with Crippen molar-refractivity contribution < 1.29 is 0 Å². The fraction of sp³-hybridized carbons (Fsp3) is 0.273. The quantitative estimate of drug-likeness (QED) is 0.741. The minimum absolute atomic E-state index is 0.0499. The molecular weight excluding hydrogens is 282 g/mol. The molecule has 98 valence electrons. The van der Waals surface area contributed by atoms with Crippen LogP contribution < -0.4 is 5.56 Å². The Kier molecular flexibility index (Phi) is 3.34. The molecule has 0 saturated carbocycles. The van der Waals surface area contributed by atoms with Gasteiger partial charge in [0.15, 0.2) is 4.96 Å². The summed E-state index contributed by atoms with van der Waals surface area (Å²) in [6.45, 7) is 2.02. The molecular formula is C11H11N5OS2. The maximum Gasteiger partial charge on any atom is 0.258 e. The standard InChI is InChI=1S/C11H11N5OS2/c1-2-8-13-10(15-14-8)19-6-7-5-9(17)16-3-4-18-11(16)12-7/h3-5H,2,6H2,1H3,(H,13,14,15). The van der Waals surface area contributed by atoms with Crippen molar-refractivity contribution in [3.8, 4) is 0 Å². The molecule has 3 aromatic rings. The maximum atomic E-state index is 11.8. The first kappa shape index (κ1) is 12.4. The van der Waals surface area contributed by atoms with Crippen LogP contribution in [0.2, 0.25) is 0 Å². The van der Waals surface area contributed by atoms with Crippen LogP contribution in [0.4, 0.5) is 0 Å². The van der Waals surface area contributed by atoms with Gasteiger partial charge in [0.25, 0.3) is 5.56 Å². The minimum Gasteiger partial charge on any atom is -0.269 e. The van der Waals surface area contributed by atoms with Crippen LogP contribution in [0, 0.1) is 0 Å². The van der Waals surface area contributed by atoms with Crippen LogP contribution in [-0.2, 0) is 12.2 Å². The zero-order chi connectivity index (χ0) is 13.2. The Morgan fingerprint density at radius 3 is 3.16 bits per heavy atom. The third-order valence-electron chi connectivity index (χ3n) is 2.55. The van der Waals surface area contributed by atoms with Gasteiger partial charge in [-0.05, 0) is 0 Å². The van der Waals surface area contributed by atoms with E-state index in [1.54, 1.807) is 16.7 Å². The van der Waals surface area contributed by atoms with Gasteiger partial charge in [-0.2, -0.15) is 0 Å². The van der Waals surface area contributed by atoms with Crippen molar-refractivity contribution in [1.82, 2.24) is 24.6 Å². The third kappa shape index (κ3) is 2.54. The van der Waals surface area contributed by atoms with Gasteiger partial charge in [-0.1, -0.05) is 18.7 Å². The fourth-order valence-corrected chi connectivity index (χ4v) is 3.05. The van der Waals surface area contributed by atoms with Crippen molar-refractivity contribution in [1.29, 1.82) is 0 Å². The van der Waals surface area contributed by atoms with E-state index in [0.717, 1.165) is 17.9 Å². The van der Waals surface area contributed by atoms with Gasteiger partial charge >= 0.3 is 0 Å². The van der Waals surface area contributed by atoms with Crippen LogP contribution in [0.25, 0.3) is 4.96 Å². The Labute approximate surface area is 116 Å². The number of aromatic nitrogens is 5. The molecule has 0 aliphatic heterocycles. The first-order chi connectivity index (χ1) is 9.26. The molecule has 0 saturated heterocycles. The van der Waals surface area contributed by atoms with Crippen molar-refractivity contribution >= 4 is 28.1 Å². The van der Waals surface area contributed by atoms with E-state index in [1.165, 1.54) is 23.1 Å². The highest BCUT2D eigenvalue weighted by Crippen LogP contribution is 2.18. The van der Waals surface area contributed by atoms with E-state index in [0.29, 0.717) is 15.9 Å². The lowest BCUT2D eigenvalue weighted by Crippen LogP contribution is -2.12. The first-order valence-electron chi connectivity index (χ1n) is 5.76. The Morgan fingerprint density at radius 2 is 2.37 bits per heavy atom. The van der Waals surface area contributed by atoms with Crippen LogP contribution in [0.15, 0.2) is 27.6 Å². The number of thiazole rings is 1. The molecule has 0 amide bonds. The van der Waals surface area contributed by atoms with Gasteiger partial charge in [-0.25, -0.2) is 9.97 Å². The van der Waals surface area contributed by atoms with Crippen LogP contribution in [0.3, 0.4) is 0 Å². The van der Waals surface area contributed by atoms with E-state index in [9.17, 15) is 4.79 Å². The van der Waals surface area contributed by atoms with Gasteiger partial charge < -0.3 is 0 Å². The van der Waals surface area contributed by atoms with Crippen LogP contribution in [-0.4, -0.2) is 24.6 Å². The summed E-state index contributed by atoms with van der Waals surface area (Å²) in [5, 5.41) is 9.49. The largest absolute Gasteiger partial charge is 0.269 e. The molecule has 0 fully saturated rings. The number of aromatic amines is 1. The van der Waals surface area contributed by atoms with Crippen molar-refractivity contribution in [3.05, 3.63) is 39.5 Å². The summed E-state index contributed by atoms with van der Waals surface area (Å²) in [5.74, 6) is 1.45. The van der Waals surface area contributed by atoms with Gasteiger partial charge in [0, 0.05) is 29.8 Å². The zero-order valence-corrected chi connectivity index (χ0v) is 11.8. The van der Waals surface area contributed by atoms with E-state index in [2.05, 4.69) is 20.2 Å². The summed E-state index contributed by atoms with van der Waals surface area (Å²) in [7, 11) is 0. The SMILES string of the molecule is CCc1nc(SCc2cc(=O)n3ccsc3n2)n[nH]1. The number of hydrogen-bond donors (Lipinski definition) is 1. The molecule has 3 heterocycles. The summed E-state index contributed by atoms with van der Waals surface area (Å²) in [4.78, 5) is 21.3. The van der Waals surface area contributed by atoms with Crippen molar-refractivity contribution in [3.63, 3.8) is 0 Å². The molecule has 19 heavy (non-hydrogen) atoms. The Balaban J connectivity index is 1.79. The highest BCUT2D eigenvalue weighted by atomic mass is 32.2. The number of fused-ring (bicyclic) bond motifs is 1. The molecule has 1 N–H and O–H groups in total. The molecule has 3 rings (SSSR count). The molecule has 0 unspecified atom stereocenters. The van der Waals surface area contributed by atoms with Gasteiger partial charge in [-0.15, -0.1) is 16.4 Å². The smallest absolute Gasteiger partial charge is 0.258 e. The summed E-state index contributed by atoms with van der Waals surface area (Å²) in [6, 6.07) is 1.56. The molecule has 0 aromatic carbocycles. The van der Waals surface area contributed by atoms with Crippen LogP contribution in [0.1, 0.15) is 18.4 Å². The average molecular weight is 293 g/mol. The lowest BCUT2D eigenvalue weighted by atomic mass is 10.4. The second-order valence-electron chi connectivity index (χ2n) is 3.85. The Hall–Kier alpha value is -1.67. The topological polar surface area (TPSA) is 75.9 Å². The Bertz CT molecular complexity index is 760. The fourth-order valence-electron chi connectivity index (χ4n) is 1.60. The number of rotatable bonds is 4. The number of nitrogens with one attached hydrogen (secondary N) is 1. The monoisotopic (exact) mass is 293 g/mol. The van der Waals surface area contributed by atoms with Gasteiger partial charge in [-0.3, -0.25) is 14.3 Å². The summed E-state index contributed by atoms with van der Waals surface area (Å²) >= 11 is 2.92. The van der Waals surface area contributed by atoms with E-state index < -0.39 is 0 Å². The summed E-state index contributed by atoms with van der Waals surface area (Å²) < 4.78 is 1.54. The lowest BCUT2D eigenvalue weighted by molar-refractivity contribution is 0.941. The van der Waals surface area contributed by atoms with E-state index >= 15 is 0 Å². The van der Waals surface area contributed by atoms with E-state index in [4.69, 9.17) is 0 Å². The van der Waals surface area contributed by atoms with E-state index in [1.807, 2.05) is 12.3 Å². The van der Waals surface area contributed by atoms with Gasteiger partial charge in [0.05, 0.1) is 5.69 Å². The summed E-state index contributed by atoms with van der Waals surface area (Å²) in [5.41, 5.74) is 0.700. The van der Waals surface area contributed by atoms with Crippen LogP contribution >= 0.6 is 23.1 Å². The zero-order valence-electron chi connectivity index (χ0n) is 10.2. The number of nitrogens with zero attached hydrogens (tertiary/aromatic N) is 4. The predicted octanol–water partition coefficient (Wildman–Crippen LogP) is 1.73. The molecule has 0 spiro atoms. The number of hydrogen-bond acceptors (Lipinski definition) is 6. The predicted molar refractivity (Wildman–Crippen MR) is 74.7 cm³/mol. The normalized spacial score (nSPS) is 11.2. The van der Waals surface area contributed by atoms with Gasteiger partial charge in [0.2, 0.25) is 5.16 Å². The van der Waals surface area contributed by atoms with Crippen molar-refractivity contribution in [2.45, 2.75) is 24.3 Å². The summed E-state index contributed by atoms with van der Waals surface area (Å²) in [6.07, 6.45) is 2.56. The minimum atomic E-state index is -0.0499. The third-order valence-corrected chi connectivity index (χ3v) is 4.19. The lowest BCUT2D eigenvalue weighted by Gasteiger charge is -1.98. The first-order valence-corrected chi connectivity index (χ1v) is 7.62. The van der Waals surface area contributed by atoms with Crippen molar-refractivity contribution in [2.24, 2.45) is 0 Å². The Morgan fingerprint density at radius 1 is 1.47 bits per heavy atom.